The summed E-state index contributed by atoms with van der Waals surface area (Å²) in [5.41, 5.74) is 1.10. The number of unbranched alkanes of at least 4 members (excludes halogenated alkanes) is 1. The van der Waals surface area contributed by atoms with Gasteiger partial charge >= 0.3 is 5.69 Å². The quantitative estimate of drug-likeness (QED) is 0.496. The molecule has 0 radical (unpaired) electrons. The number of imidazole rings is 1. The number of rotatable bonds is 7. The Morgan fingerprint density at radius 2 is 1.82 bits per heavy atom. The maximum atomic E-state index is 13.2. The van der Waals surface area contributed by atoms with Gasteiger partial charge in [-0.25, -0.2) is 9.78 Å². The van der Waals surface area contributed by atoms with Crippen molar-refractivity contribution in [1.29, 1.82) is 0 Å². The summed E-state index contributed by atoms with van der Waals surface area (Å²) in [5.74, 6) is 0.722. The Kier molecular flexibility index (Phi) is 4.97. The number of benzene rings is 1. The van der Waals surface area contributed by atoms with Crippen LogP contribution < -0.4 is 11.2 Å². The second-order valence-electron chi connectivity index (χ2n) is 6.79. The lowest BCUT2D eigenvalue weighted by Gasteiger charge is -2.12. The molecule has 144 valence electrons. The van der Waals surface area contributed by atoms with E-state index < -0.39 is 0 Å². The van der Waals surface area contributed by atoms with Gasteiger partial charge in [0.15, 0.2) is 11.2 Å². The molecule has 3 heterocycles. The molecule has 0 amide bonds. The van der Waals surface area contributed by atoms with E-state index in [4.69, 9.17) is 4.42 Å². The van der Waals surface area contributed by atoms with E-state index in [2.05, 4.69) is 11.9 Å². The van der Waals surface area contributed by atoms with Crippen LogP contribution in [0.3, 0.4) is 0 Å². The zero-order valence-electron chi connectivity index (χ0n) is 15.7. The summed E-state index contributed by atoms with van der Waals surface area (Å²) in [5, 5.41) is 0. The molecule has 28 heavy (non-hydrogen) atoms. The molecule has 0 fully saturated rings. The predicted octanol–water partition coefficient (Wildman–Crippen LogP) is 2.85. The van der Waals surface area contributed by atoms with Crippen molar-refractivity contribution >= 4 is 11.2 Å². The van der Waals surface area contributed by atoms with Crippen LogP contribution in [0.2, 0.25) is 0 Å². The number of hydrogen-bond acceptors (Lipinski definition) is 4. The molecule has 7 heteroatoms. The van der Waals surface area contributed by atoms with Crippen LogP contribution in [0, 0.1) is 0 Å². The van der Waals surface area contributed by atoms with Gasteiger partial charge in [0.25, 0.3) is 5.56 Å². The first-order valence-corrected chi connectivity index (χ1v) is 9.44. The third kappa shape index (κ3) is 3.31. The fourth-order valence-corrected chi connectivity index (χ4v) is 3.35. The second kappa shape index (κ2) is 7.72. The van der Waals surface area contributed by atoms with Crippen LogP contribution in [0.25, 0.3) is 11.2 Å². The summed E-state index contributed by atoms with van der Waals surface area (Å²) in [6.45, 7) is 3.21. The Morgan fingerprint density at radius 3 is 2.54 bits per heavy atom. The van der Waals surface area contributed by atoms with Crippen molar-refractivity contribution in [1.82, 2.24) is 18.7 Å². The molecule has 0 unspecified atom stereocenters. The largest absolute Gasteiger partial charge is 0.467 e. The number of fused-ring (bicyclic) bond motifs is 1. The van der Waals surface area contributed by atoms with Crippen molar-refractivity contribution in [2.75, 3.05) is 0 Å². The van der Waals surface area contributed by atoms with Gasteiger partial charge < -0.3 is 8.98 Å². The van der Waals surface area contributed by atoms with E-state index in [0.717, 1.165) is 24.2 Å². The van der Waals surface area contributed by atoms with Gasteiger partial charge in [-0.05, 0) is 24.1 Å². The number of nitrogens with zero attached hydrogens (tertiary/aromatic N) is 4. The van der Waals surface area contributed by atoms with Gasteiger partial charge in [-0.3, -0.25) is 13.9 Å². The van der Waals surface area contributed by atoms with E-state index in [-0.39, 0.29) is 17.8 Å². The van der Waals surface area contributed by atoms with Gasteiger partial charge in [-0.1, -0.05) is 43.7 Å². The SMILES string of the molecule is CCCCn1c(=O)n(Cc2ccccc2)c(=O)c2c1ncn2Cc1ccco1. The molecule has 1 aromatic carbocycles. The average molecular weight is 378 g/mol. The maximum absolute atomic E-state index is 13.2. The fourth-order valence-electron chi connectivity index (χ4n) is 3.35. The van der Waals surface area contributed by atoms with Crippen molar-refractivity contribution in [3.8, 4) is 0 Å². The van der Waals surface area contributed by atoms with Gasteiger partial charge in [0.05, 0.1) is 25.7 Å². The number of furan rings is 1. The summed E-state index contributed by atoms with van der Waals surface area (Å²) in [7, 11) is 0. The van der Waals surface area contributed by atoms with E-state index in [0.29, 0.717) is 24.3 Å². The molecule has 0 aliphatic carbocycles. The fraction of sp³-hybridized carbons (Fsp3) is 0.286. The highest BCUT2D eigenvalue weighted by Gasteiger charge is 2.18. The molecule has 0 aliphatic rings. The minimum Gasteiger partial charge on any atom is -0.467 e. The predicted molar refractivity (Wildman–Crippen MR) is 107 cm³/mol. The minimum absolute atomic E-state index is 0.229. The minimum atomic E-state index is -0.333. The molecule has 0 bridgehead atoms. The van der Waals surface area contributed by atoms with Crippen LogP contribution in [-0.2, 0) is 19.6 Å². The van der Waals surface area contributed by atoms with Gasteiger partial charge in [0, 0.05) is 6.54 Å². The van der Waals surface area contributed by atoms with Gasteiger partial charge in [-0.15, -0.1) is 0 Å². The van der Waals surface area contributed by atoms with Gasteiger partial charge in [0.1, 0.15) is 5.76 Å². The van der Waals surface area contributed by atoms with Crippen LogP contribution >= 0.6 is 0 Å². The van der Waals surface area contributed by atoms with Crippen molar-refractivity contribution < 1.29 is 4.42 Å². The van der Waals surface area contributed by atoms with Crippen LogP contribution in [0.15, 0.2) is 69.1 Å². The lowest BCUT2D eigenvalue weighted by molar-refractivity contribution is 0.495. The molecular weight excluding hydrogens is 356 g/mol. The van der Waals surface area contributed by atoms with E-state index in [1.54, 1.807) is 27.8 Å². The summed E-state index contributed by atoms with van der Waals surface area (Å²) >= 11 is 0. The maximum Gasteiger partial charge on any atom is 0.333 e. The molecule has 4 aromatic rings. The Labute approximate surface area is 161 Å². The highest BCUT2D eigenvalue weighted by atomic mass is 16.3. The van der Waals surface area contributed by atoms with Crippen molar-refractivity contribution in [2.45, 2.75) is 39.4 Å². The Morgan fingerprint density at radius 1 is 1.00 bits per heavy atom. The first kappa shape index (κ1) is 18.0. The van der Waals surface area contributed by atoms with Crippen LogP contribution in [0.4, 0.5) is 0 Å². The zero-order valence-corrected chi connectivity index (χ0v) is 15.7. The first-order valence-electron chi connectivity index (χ1n) is 9.44. The molecule has 3 aromatic heterocycles. The number of aromatic nitrogens is 4. The zero-order chi connectivity index (χ0) is 19.5. The summed E-state index contributed by atoms with van der Waals surface area (Å²) in [4.78, 5) is 30.7. The highest BCUT2D eigenvalue weighted by molar-refractivity contribution is 5.70. The van der Waals surface area contributed by atoms with Crippen LogP contribution in [0.5, 0.6) is 0 Å². The van der Waals surface area contributed by atoms with Crippen molar-refractivity contribution in [3.63, 3.8) is 0 Å². The standard InChI is InChI=1S/C21H22N4O3/c1-2-3-11-24-19-18(23(15-22-19)14-17-10-7-12-28-17)20(26)25(21(24)27)13-16-8-5-4-6-9-16/h4-10,12,15H,2-3,11,13-14H2,1H3. The summed E-state index contributed by atoms with van der Waals surface area (Å²) in [6.07, 6.45) is 4.98. The van der Waals surface area contributed by atoms with Crippen molar-refractivity contribution in [2.24, 2.45) is 0 Å². The van der Waals surface area contributed by atoms with E-state index in [9.17, 15) is 9.59 Å². The van der Waals surface area contributed by atoms with E-state index in [1.807, 2.05) is 36.4 Å². The average Bonchev–Trinajstić information content (AvgIpc) is 3.37. The van der Waals surface area contributed by atoms with Crippen molar-refractivity contribution in [3.05, 3.63) is 87.2 Å². The monoisotopic (exact) mass is 378 g/mol. The molecular formula is C21H22N4O3. The van der Waals surface area contributed by atoms with E-state index in [1.165, 1.54) is 4.57 Å². The lowest BCUT2D eigenvalue weighted by atomic mass is 10.2. The topological polar surface area (TPSA) is 75.0 Å². The number of hydrogen-bond donors (Lipinski definition) is 0. The lowest BCUT2D eigenvalue weighted by Crippen LogP contribution is -2.41. The van der Waals surface area contributed by atoms with E-state index >= 15 is 0 Å². The second-order valence-corrected chi connectivity index (χ2v) is 6.79. The molecule has 0 aliphatic heterocycles. The van der Waals surface area contributed by atoms with Crippen LogP contribution in [0.1, 0.15) is 31.1 Å². The Hall–Kier alpha value is -3.35. The molecule has 7 nitrogen and oxygen atoms in total. The van der Waals surface area contributed by atoms with Gasteiger partial charge in [-0.2, -0.15) is 0 Å². The van der Waals surface area contributed by atoms with Crippen LogP contribution in [-0.4, -0.2) is 18.7 Å². The normalized spacial score (nSPS) is 11.3. The first-order chi connectivity index (χ1) is 13.7. The summed E-state index contributed by atoms with van der Waals surface area (Å²) < 4.78 is 10.1. The third-order valence-corrected chi connectivity index (χ3v) is 4.81. The molecule has 0 N–H and O–H groups in total. The Balaban J connectivity index is 1.89. The molecule has 4 rings (SSSR count). The molecule has 0 saturated carbocycles. The molecule has 0 atom stereocenters. The van der Waals surface area contributed by atoms with Gasteiger partial charge in [0.2, 0.25) is 0 Å². The Bertz CT molecular complexity index is 1180. The molecule has 0 spiro atoms. The highest BCUT2D eigenvalue weighted by Crippen LogP contribution is 2.12. The molecule has 0 saturated heterocycles. The smallest absolute Gasteiger partial charge is 0.333 e. The number of aryl methyl sites for hydroxylation is 1. The third-order valence-electron chi connectivity index (χ3n) is 4.81. The summed E-state index contributed by atoms with van der Waals surface area (Å²) in [6, 6.07) is 13.2.